The zero-order valence-corrected chi connectivity index (χ0v) is 6.44. The van der Waals surface area contributed by atoms with Crippen LogP contribution in [0.4, 0.5) is 4.39 Å². The molecular weight excluding hydrogens is 175 g/mol. The van der Waals surface area contributed by atoms with Gasteiger partial charge in [-0.2, -0.15) is 5.26 Å². The molecule has 1 aromatic heterocycles. The van der Waals surface area contributed by atoms with Gasteiger partial charge < -0.3 is 5.11 Å². The van der Waals surface area contributed by atoms with E-state index in [2.05, 4.69) is 4.98 Å². The molecule has 1 rings (SSSR count). The van der Waals surface area contributed by atoms with Crippen molar-refractivity contribution in [3.8, 4) is 6.07 Å². The van der Waals surface area contributed by atoms with Crippen LogP contribution in [0, 0.1) is 17.1 Å². The maximum Gasteiger partial charge on any atom is 0.327 e. The molecule has 0 saturated carbocycles. The monoisotopic (exact) mass is 180 g/mol. The van der Waals surface area contributed by atoms with Gasteiger partial charge in [0.1, 0.15) is 5.82 Å². The van der Waals surface area contributed by atoms with Crippen LogP contribution in [0.1, 0.15) is 11.6 Å². The summed E-state index contributed by atoms with van der Waals surface area (Å²) in [7, 11) is 0. The van der Waals surface area contributed by atoms with Gasteiger partial charge in [-0.1, -0.05) is 0 Å². The normalized spacial score (nSPS) is 11.7. The molecule has 0 unspecified atom stereocenters. The van der Waals surface area contributed by atoms with E-state index in [0.717, 1.165) is 12.3 Å². The Kier molecular flexibility index (Phi) is 2.55. The molecular formula is C8H5FN2O2. The molecule has 0 fully saturated rings. The lowest BCUT2D eigenvalue weighted by Crippen LogP contribution is -2.10. The largest absolute Gasteiger partial charge is 0.480 e. The lowest BCUT2D eigenvalue weighted by Gasteiger charge is -2.01. The highest BCUT2D eigenvalue weighted by Crippen LogP contribution is 2.12. The Bertz CT molecular complexity index is 355. The van der Waals surface area contributed by atoms with Crippen LogP contribution in [0.15, 0.2) is 18.3 Å². The summed E-state index contributed by atoms with van der Waals surface area (Å²) in [5.74, 6) is -3.19. The highest BCUT2D eigenvalue weighted by Gasteiger charge is 2.20. The van der Waals surface area contributed by atoms with Crippen molar-refractivity contribution in [2.24, 2.45) is 0 Å². The second-order valence-electron chi connectivity index (χ2n) is 2.30. The summed E-state index contributed by atoms with van der Waals surface area (Å²) < 4.78 is 12.4. The fraction of sp³-hybridized carbons (Fsp3) is 0.125. The van der Waals surface area contributed by atoms with Gasteiger partial charge in [-0.25, -0.2) is 4.39 Å². The molecule has 0 aliphatic rings. The maximum atomic E-state index is 12.4. The Morgan fingerprint density at radius 1 is 1.69 bits per heavy atom. The lowest BCUT2D eigenvalue weighted by atomic mass is 10.1. The predicted octanol–water partition coefficient (Wildman–Crippen LogP) is 0.912. The van der Waals surface area contributed by atoms with Crippen LogP contribution in [-0.4, -0.2) is 16.1 Å². The first kappa shape index (κ1) is 9.13. The summed E-state index contributed by atoms with van der Waals surface area (Å²) in [5, 5.41) is 17.0. The minimum atomic E-state index is -1.33. The van der Waals surface area contributed by atoms with Gasteiger partial charge in [-0.15, -0.1) is 0 Å². The lowest BCUT2D eigenvalue weighted by molar-refractivity contribution is -0.137. The number of nitrogens with zero attached hydrogens (tertiary/aromatic N) is 2. The summed E-state index contributed by atoms with van der Waals surface area (Å²) in [6.07, 6.45) is 0.878. The van der Waals surface area contributed by atoms with Crippen molar-refractivity contribution in [1.82, 2.24) is 4.98 Å². The Hall–Kier alpha value is -1.96. The highest BCUT2D eigenvalue weighted by molar-refractivity contribution is 5.78. The number of hydrogen-bond donors (Lipinski definition) is 1. The van der Waals surface area contributed by atoms with Crippen LogP contribution >= 0.6 is 0 Å². The van der Waals surface area contributed by atoms with Crippen molar-refractivity contribution in [2.75, 3.05) is 0 Å². The number of carboxylic acid groups (broad SMARTS) is 1. The third-order valence-electron chi connectivity index (χ3n) is 1.42. The average molecular weight is 180 g/mol. The molecule has 5 heteroatoms. The second-order valence-corrected chi connectivity index (χ2v) is 2.30. The SMILES string of the molecule is N#C[C@H](C(=O)O)c1ccc(F)cn1. The summed E-state index contributed by atoms with van der Waals surface area (Å²) >= 11 is 0. The minimum absolute atomic E-state index is 0.0383. The van der Waals surface area contributed by atoms with Gasteiger partial charge >= 0.3 is 5.97 Å². The van der Waals surface area contributed by atoms with E-state index in [-0.39, 0.29) is 5.69 Å². The summed E-state index contributed by atoms with van der Waals surface area (Å²) in [4.78, 5) is 14.0. The molecule has 0 bridgehead atoms. The fourth-order valence-corrected chi connectivity index (χ4v) is 0.806. The maximum absolute atomic E-state index is 12.4. The number of nitriles is 1. The molecule has 0 radical (unpaired) electrons. The molecule has 0 aliphatic heterocycles. The van der Waals surface area contributed by atoms with Crippen molar-refractivity contribution in [3.05, 3.63) is 29.8 Å². The van der Waals surface area contributed by atoms with Crippen molar-refractivity contribution in [2.45, 2.75) is 5.92 Å². The quantitative estimate of drug-likeness (QED) is 0.734. The zero-order valence-electron chi connectivity index (χ0n) is 6.44. The molecule has 0 saturated heterocycles. The molecule has 1 N–H and O–H groups in total. The second kappa shape index (κ2) is 3.63. The van der Waals surface area contributed by atoms with E-state index in [4.69, 9.17) is 10.4 Å². The third-order valence-corrected chi connectivity index (χ3v) is 1.42. The molecule has 0 aliphatic carbocycles. The molecule has 1 aromatic rings. The van der Waals surface area contributed by atoms with Gasteiger partial charge in [-0.05, 0) is 12.1 Å². The van der Waals surface area contributed by atoms with E-state index in [1.165, 1.54) is 6.07 Å². The molecule has 66 valence electrons. The fourth-order valence-electron chi connectivity index (χ4n) is 0.806. The van der Waals surface area contributed by atoms with Crippen molar-refractivity contribution in [1.29, 1.82) is 5.26 Å². The first-order valence-corrected chi connectivity index (χ1v) is 3.39. The Labute approximate surface area is 73.3 Å². The van der Waals surface area contributed by atoms with E-state index >= 15 is 0 Å². The van der Waals surface area contributed by atoms with Crippen molar-refractivity contribution < 1.29 is 14.3 Å². The first-order chi connectivity index (χ1) is 6.15. The van der Waals surface area contributed by atoms with Crippen LogP contribution in [0.25, 0.3) is 0 Å². The van der Waals surface area contributed by atoms with Crippen LogP contribution in [0.2, 0.25) is 0 Å². The van der Waals surface area contributed by atoms with Gasteiger partial charge in [0.25, 0.3) is 0 Å². The molecule has 4 nitrogen and oxygen atoms in total. The number of hydrogen-bond acceptors (Lipinski definition) is 3. The number of aromatic nitrogens is 1. The summed E-state index contributed by atoms with van der Waals surface area (Å²) in [5.41, 5.74) is 0.0383. The third kappa shape index (κ3) is 1.99. The number of rotatable bonds is 2. The van der Waals surface area contributed by atoms with Gasteiger partial charge in [0.05, 0.1) is 18.0 Å². The van der Waals surface area contributed by atoms with Crippen LogP contribution in [0.5, 0.6) is 0 Å². The van der Waals surface area contributed by atoms with E-state index in [1.54, 1.807) is 6.07 Å². The number of halogens is 1. The van der Waals surface area contributed by atoms with E-state index in [9.17, 15) is 9.18 Å². The highest BCUT2D eigenvalue weighted by atomic mass is 19.1. The summed E-state index contributed by atoms with van der Waals surface area (Å²) in [6.45, 7) is 0. The number of pyridine rings is 1. The smallest absolute Gasteiger partial charge is 0.327 e. The molecule has 0 amide bonds. The van der Waals surface area contributed by atoms with E-state index in [0.29, 0.717) is 0 Å². The molecule has 0 aromatic carbocycles. The predicted molar refractivity (Wildman–Crippen MR) is 40.2 cm³/mol. The Balaban J connectivity index is 3.01. The standard InChI is InChI=1S/C8H5FN2O2/c9-5-1-2-7(11-4-5)6(3-10)8(12)13/h1-2,4,6H,(H,12,13)/t6-/m0/s1. The number of carboxylic acids is 1. The Morgan fingerprint density at radius 3 is 2.77 bits per heavy atom. The average Bonchev–Trinajstić information content (AvgIpc) is 2.09. The number of carbonyl (C=O) groups is 1. The van der Waals surface area contributed by atoms with Crippen LogP contribution < -0.4 is 0 Å². The van der Waals surface area contributed by atoms with E-state index < -0.39 is 17.7 Å². The van der Waals surface area contributed by atoms with Crippen molar-refractivity contribution >= 4 is 5.97 Å². The van der Waals surface area contributed by atoms with Crippen LogP contribution in [-0.2, 0) is 4.79 Å². The molecule has 13 heavy (non-hydrogen) atoms. The number of aliphatic carboxylic acids is 1. The Morgan fingerprint density at radius 2 is 2.38 bits per heavy atom. The summed E-state index contributed by atoms with van der Waals surface area (Å²) in [6, 6.07) is 3.80. The molecule has 1 heterocycles. The minimum Gasteiger partial charge on any atom is -0.480 e. The molecule has 0 spiro atoms. The van der Waals surface area contributed by atoms with Gasteiger partial charge in [0.15, 0.2) is 5.92 Å². The van der Waals surface area contributed by atoms with Gasteiger partial charge in [0.2, 0.25) is 0 Å². The van der Waals surface area contributed by atoms with Gasteiger partial charge in [-0.3, -0.25) is 9.78 Å². The van der Waals surface area contributed by atoms with E-state index in [1.807, 2.05) is 0 Å². The van der Waals surface area contributed by atoms with Crippen molar-refractivity contribution in [3.63, 3.8) is 0 Å². The first-order valence-electron chi connectivity index (χ1n) is 3.39. The van der Waals surface area contributed by atoms with Gasteiger partial charge in [0, 0.05) is 0 Å². The topological polar surface area (TPSA) is 74.0 Å². The van der Waals surface area contributed by atoms with Crippen LogP contribution in [0.3, 0.4) is 0 Å². The zero-order chi connectivity index (χ0) is 9.84. The molecule has 1 atom stereocenters.